The first-order valence-corrected chi connectivity index (χ1v) is 6.29. The highest BCUT2D eigenvalue weighted by Crippen LogP contribution is 2.11. The molecule has 0 saturated heterocycles. The third kappa shape index (κ3) is 2.98. The molecule has 1 heterocycles. The Labute approximate surface area is 112 Å². The van der Waals surface area contributed by atoms with Crippen LogP contribution in [0.3, 0.4) is 0 Å². The largest absolute Gasteiger partial charge is 0.396 e. The monoisotopic (exact) mass is 256 g/mol. The minimum atomic E-state index is 0.0820. The smallest absolute Gasteiger partial charge is 0.0991 e. The maximum atomic E-state index is 9.12. The second-order valence-corrected chi connectivity index (χ2v) is 4.28. The molecule has 19 heavy (non-hydrogen) atoms. The van der Waals surface area contributed by atoms with Crippen molar-refractivity contribution in [1.29, 1.82) is 5.26 Å². The average molecular weight is 256 g/mol. The topological polar surface area (TPSA) is 74.7 Å². The fourth-order valence-corrected chi connectivity index (χ4v) is 2.06. The van der Waals surface area contributed by atoms with Gasteiger partial charge in [-0.1, -0.05) is 24.3 Å². The molecular weight excluding hydrogens is 240 g/mol. The maximum absolute atomic E-state index is 9.12. The molecule has 98 valence electrons. The van der Waals surface area contributed by atoms with E-state index in [2.05, 4.69) is 16.4 Å². The van der Waals surface area contributed by atoms with Crippen LogP contribution in [0.4, 0.5) is 0 Å². The van der Waals surface area contributed by atoms with Crippen molar-refractivity contribution in [1.82, 2.24) is 15.0 Å². The molecule has 0 amide bonds. The highest BCUT2D eigenvalue weighted by molar-refractivity contribution is 5.33. The van der Waals surface area contributed by atoms with Crippen LogP contribution in [0.2, 0.25) is 0 Å². The number of nitrogens with zero attached hydrogens (tertiary/aromatic N) is 4. The molecule has 2 rings (SSSR count). The zero-order valence-electron chi connectivity index (χ0n) is 10.9. The van der Waals surface area contributed by atoms with Crippen LogP contribution in [0, 0.1) is 11.3 Å². The lowest BCUT2D eigenvalue weighted by atomic mass is 10.1. The number of aryl methyl sites for hydroxylation is 1. The third-order valence-corrected chi connectivity index (χ3v) is 2.99. The molecular formula is C14H16N4O. The van der Waals surface area contributed by atoms with Gasteiger partial charge in [0.1, 0.15) is 0 Å². The van der Waals surface area contributed by atoms with E-state index in [0.29, 0.717) is 18.5 Å². The summed E-state index contributed by atoms with van der Waals surface area (Å²) in [6, 6.07) is 9.56. The molecule has 0 unspecified atom stereocenters. The van der Waals surface area contributed by atoms with E-state index in [1.165, 1.54) is 0 Å². The van der Waals surface area contributed by atoms with E-state index in [1.54, 1.807) is 10.7 Å². The Morgan fingerprint density at radius 3 is 2.95 bits per heavy atom. The molecule has 0 aliphatic carbocycles. The number of nitriles is 1. The Kier molecular flexibility index (Phi) is 4.26. The van der Waals surface area contributed by atoms with Gasteiger partial charge in [-0.3, -0.25) is 0 Å². The van der Waals surface area contributed by atoms with Gasteiger partial charge in [-0.15, -0.1) is 5.10 Å². The van der Waals surface area contributed by atoms with Crippen LogP contribution in [-0.4, -0.2) is 26.7 Å². The summed E-state index contributed by atoms with van der Waals surface area (Å²) in [7, 11) is 0. The van der Waals surface area contributed by atoms with Crippen LogP contribution in [0.5, 0.6) is 0 Å². The summed E-state index contributed by atoms with van der Waals surface area (Å²) in [5.41, 5.74) is 3.53. The van der Waals surface area contributed by atoms with Gasteiger partial charge in [0, 0.05) is 13.0 Å². The van der Waals surface area contributed by atoms with Crippen molar-refractivity contribution in [3.63, 3.8) is 0 Å². The van der Waals surface area contributed by atoms with Crippen LogP contribution < -0.4 is 0 Å². The predicted molar refractivity (Wildman–Crippen MR) is 70.4 cm³/mol. The minimum absolute atomic E-state index is 0.0820. The summed E-state index contributed by atoms with van der Waals surface area (Å²) < 4.78 is 1.80. The van der Waals surface area contributed by atoms with Crippen molar-refractivity contribution < 1.29 is 5.11 Å². The second kappa shape index (κ2) is 6.12. The zero-order chi connectivity index (χ0) is 13.7. The van der Waals surface area contributed by atoms with Crippen molar-refractivity contribution in [2.24, 2.45) is 0 Å². The van der Waals surface area contributed by atoms with Gasteiger partial charge in [-0.05, 0) is 24.1 Å². The predicted octanol–water partition coefficient (Wildman–Crippen LogP) is 1.30. The molecule has 5 heteroatoms. The Morgan fingerprint density at radius 2 is 2.26 bits per heavy atom. The van der Waals surface area contributed by atoms with E-state index in [9.17, 15) is 0 Å². The number of aromatic nitrogens is 3. The van der Waals surface area contributed by atoms with E-state index in [-0.39, 0.29) is 6.61 Å². The second-order valence-electron chi connectivity index (χ2n) is 4.28. The fourth-order valence-electron chi connectivity index (χ4n) is 2.06. The van der Waals surface area contributed by atoms with Gasteiger partial charge in [-0.2, -0.15) is 5.26 Å². The molecule has 0 fully saturated rings. The molecule has 0 saturated carbocycles. The van der Waals surface area contributed by atoms with E-state index in [4.69, 9.17) is 10.4 Å². The molecule has 0 aliphatic heterocycles. The first-order valence-electron chi connectivity index (χ1n) is 6.29. The molecule has 0 aliphatic rings. The van der Waals surface area contributed by atoms with Crippen LogP contribution in [0.1, 0.15) is 29.4 Å². The number of aliphatic hydroxyl groups excluding tert-OH is 1. The summed E-state index contributed by atoms with van der Waals surface area (Å²) in [6.07, 6.45) is 1.35. The summed E-state index contributed by atoms with van der Waals surface area (Å²) in [4.78, 5) is 0. The van der Waals surface area contributed by atoms with E-state index in [1.807, 2.05) is 25.1 Å². The van der Waals surface area contributed by atoms with Crippen molar-refractivity contribution in [2.45, 2.75) is 26.3 Å². The van der Waals surface area contributed by atoms with Gasteiger partial charge < -0.3 is 5.11 Å². The van der Waals surface area contributed by atoms with E-state index >= 15 is 0 Å². The van der Waals surface area contributed by atoms with Crippen molar-refractivity contribution in [2.75, 3.05) is 6.61 Å². The normalized spacial score (nSPS) is 10.4. The van der Waals surface area contributed by atoms with Gasteiger partial charge in [0.25, 0.3) is 0 Å². The van der Waals surface area contributed by atoms with Crippen LogP contribution in [0.15, 0.2) is 24.3 Å². The molecule has 0 atom stereocenters. The molecule has 0 bridgehead atoms. The Bertz CT molecular complexity index is 598. The maximum Gasteiger partial charge on any atom is 0.0991 e. The zero-order valence-corrected chi connectivity index (χ0v) is 10.9. The van der Waals surface area contributed by atoms with Crippen LogP contribution >= 0.6 is 0 Å². The summed E-state index contributed by atoms with van der Waals surface area (Å²) in [6.45, 7) is 2.67. The van der Waals surface area contributed by atoms with Crippen molar-refractivity contribution in [3.05, 3.63) is 46.8 Å². The van der Waals surface area contributed by atoms with Crippen molar-refractivity contribution >= 4 is 0 Å². The van der Waals surface area contributed by atoms with Gasteiger partial charge in [0.2, 0.25) is 0 Å². The Balaban J connectivity index is 2.27. The Hall–Kier alpha value is -2.19. The minimum Gasteiger partial charge on any atom is -0.396 e. The number of hydrogen-bond acceptors (Lipinski definition) is 4. The fraction of sp³-hybridized carbons (Fsp3) is 0.357. The lowest BCUT2D eigenvalue weighted by molar-refractivity contribution is 0.295. The molecule has 1 aromatic carbocycles. The van der Waals surface area contributed by atoms with Gasteiger partial charge >= 0.3 is 0 Å². The third-order valence-electron chi connectivity index (χ3n) is 2.99. The number of aliphatic hydroxyl groups is 1. The quantitative estimate of drug-likeness (QED) is 0.874. The van der Waals surface area contributed by atoms with Crippen LogP contribution in [-0.2, 0) is 19.4 Å². The number of hydrogen-bond donors (Lipinski definition) is 1. The van der Waals surface area contributed by atoms with Crippen molar-refractivity contribution in [3.8, 4) is 6.07 Å². The highest BCUT2D eigenvalue weighted by atomic mass is 16.3. The molecule has 1 aromatic heterocycles. The summed E-state index contributed by atoms with van der Waals surface area (Å²) in [5, 5.41) is 26.3. The average Bonchev–Trinajstić information content (AvgIpc) is 2.82. The van der Waals surface area contributed by atoms with Gasteiger partial charge in [-0.25, -0.2) is 4.68 Å². The number of rotatable bonds is 5. The lowest BCUT2D eigenvalue weighted by Crippen LogP contribution is -2.09. The molecule has 0 radical (unpaired) electrons. The SMILES string of the molecule is CCc1nnn(Cc2cccc(C#N)c2)c1CCO. The summed E-state index contributed by atoms with van der Waals surface area (Å²) in [5.74, 6) is 0. The van der Waals surface area contributed by atoms with E-state index < -0.39 is 0 Å². The molecule has 1 N–H and O–H groups in total. The number of benzene rings is 1. The van der Waals surface area contributed by atoms with Gasteiger partial charge in [0.05, 0.1) is 29.6 Å². The van der Waals surface area contributed by atoms with Gasteiger partial charge in [0.15, 0.2) is 0 Å². The molecule has 0 spiro atoms. The summed E-state index contributed by atoms with van der Waals surface area (Å²) >= 11 is 0. The first kappa shape index (κ1) is 13.2. The van der Waals surface area contributed by atoms with Crippen LogP contribution in [0.25, 0.3) is 0 Å². The highest BCUT2D eigenvalue weighted by Gasteiger charge is 2.11. The lowest BCUT2D eigenvalue weighted by Gasteiger charge is -2.07. The molecule has 5 nitrogen and oxygen atoms in total. The first-order chi connectivity index (χ1) is 9.28. The van der Waals surface area contributed by atoms with E-state index in [0.717, 1.165) is 23.4 Å². The molecule has 2 aromatic rings. The standard InChI is InChI=1S/C14H16N4O/c1-2-13-14(6-7-19)18(17-16-13)10-12-5-3-4-11(8-12)9-15/h3-5,8,19H,2,6-7,10H2,1H3. The Morgan fingerprint density at radius 1 is 1.42 bits per heavy atom.